The van der Waals surface area contributed by atoms with Gasteiger partial charge in [0.05, 0.1) is 0 Å². The molecule has 2 amide bonds. The van der Waals surface area contributed by atoms with Gasteiger partial charge in [-0.15, -0.1) is 0 Å². The first kappa shape index (κ1) is 15.8. The number of rotatable bonds is 5. The number of nitrogens with zero attached hydrogens (tertiary/aromatic N) is 3. The second kappa shape index (κ2) is 7.98. The lowest BCUT2D eigenvalue weighted by molar-refractivity contribution is 0.132. The van der Waals surface area contributed by atoms with Crippen molar-refractivity contribution in [2.75, 3.05) is 26.2 Å². The van der Waals surface area contributed by atoms with Crippen LogP contribution in [0.15, 0.2) is 24.5 Å². The molecule has 1 saturated heterocycles. The molecule has 0 bridgehead atoms. The molecule has 1 aromatic rings. The molecule has 0 atom stereocenters. The van der Waals surface area contributed by atoms with Crippen molar-refractivity contribution in [1.82, 2.24) is 14.8 Å². The lowest BCUT2D eigenvalue weighted by atomic mass is 9.99. The minimum Gasteiger partial charge on any atom is -0.330 e. The molecule has 1 aliphatic rings. The number of aromatic nitrogens is 1. The fourth-order valence-corrected chi connectivity index (χ4v) is 2.64. The third-order valence-corrected chi connectivity index (χ3v) is 4.05. The molecular formula is C16H26N4O. The first-order valence-electron chi connectivity index (χ1n) is 7.83. The summed E-state index contributed by atoms with van der Waals surface area (Å²) in [4.78, 5) is 20.7. The molecule has 5 heteroatoms. The minimum absolute atomic E-state index is 0.138. The molecule has 0 aliphatic carbocycles. The van der Waals surface area contributed by atoms with Crippen molar-refractivity contribution in [3.63, 3.8) is 0 Å². The number of hydrogen-bond acceptors (Lipinski definition) is 3. The summed E-state index contributed by atoms with van der Waals surface area (Å²) in [5, 5.41) is 0. The summed E-state index contributed by atoms with van der Waals surface area (Å²) in [5.41, 5.74) is 6.67. The minimum atomic E-state index is 0.138. The average Bonchev–Trinajstić information content (AvgIpc) is 2.52. The molecule has 116 valence electrons. The summed E-state index contributed by atoms with van der Waals surface area (Å²) in [6.07, 6.45) is 6.60. The van der Waals surface area contributed by atoms with Crippen LogP contribution in [-0.2, 0) is 6.54 Å². The van der Waals surface area contributed by atoms with Gasteiger partial charge in [0.15, 0.2) is 0 Å². The van der Waals surface area contributed by atoms with E-state index in [0.717, 1.165) is 43.8 Å². The lowest BCUT2D eigenvalue weighted by Crippen LogP contribution is -2.46. The number of carbonyl (C=O) groups excluding carboxylic acids is 1. The van der Waals surface area contributed by atoms with Gasteiger partial charge in [0, 0.05) is 38.6 Å². The Bertz CT molecular complexity index is 429. The van der Waals surface area contributed by atoms with Crippen LogP contribution in [0.2, 0.25) is 0 Å². The van der Waals surface area contributed by atoms with Crippen LogP contribution in [0.1, 0.15) is 31.7 Å². The molecule has 1 aliphatic heterocycles. The summed E-state index contributed by atoms with van der Waals surface area (Å²) in [6, 6.07) is 4.05. The Labute approximate surface area is 127 Å². The maximum absolute atomic E-state index is 12.7. The highest BCUT2D eigenvalue weighted by molar-refractivity contribution is 5.74. The van der Waals surface area contributed by atoms with E-state index >= 15 is 0 Å². The highest BCUT2D eigenvalue weighted by Crippen LogP contribution is 2.18. The van der Waals surface area contributed by atoms with E-state index in [1.54, 1.807) is 6.20 Å². The number of urea groups is 1. The fraction of sp³-hybridized carbons (Fsp3) is 0.625. The van der Waals surface area contributed by atoms with E-state index in [9.17, 15) is 4.79 Å². The summed E-state index contributed by atoms with van der Waals surface area (Å²) >= 11 is 0. The maximum atomic E-state index is 12.7. The van der Waals surface area contributed by atoms with E-state index in [4.69, 9.17) is 5.73 Å². The monoisotopic (exact) mass is 290 g/mol. The van der Waals surface area contributed by atoms with Gasteiger partial charge in [-0.05, 0) is 43.4 Å². The van der Waals surface area contributed by atoms with E-state index in [1.807, 2.05) is 28.1 Å². The molecule has 2 heterocycles. The third-order valence-electron chi connectivity index (χ3n) is 4.05. The maximum Gasteiger partial charge on any atom is 0.320 e. The topological polar surface area (TPSA) is 62.5 Å². The van der Waals surface area contributed by atoms with Crippen LogP contribution in [0.4, 0.5) is 4.79 Å². The van der Waals surface area contributed by atoms with E-state index < -0.39 is 0 Å². The first-order valence-corrected chi connectivity index (χ1v) is 7.83. The van der Waals surface area contributed by atoms with Crippen LogP contribution < -0.4 is 5.73 Å². The highest BCUT2D eigenvalue weighted by atomic mass is 16.2. The Morgan fingerprint density at radius 1 is 1.48 bits per heavy atom. The second-order valence-corrected chi connectivity index (χ2v) is 5.88. The Morgan fingerprint density at radius 2 is 2.24 bits per heavy atom. The van der Waals surface area contributed by atoms with Crippen molar-refractivity contribution in [2.24, 2.45) is 11.7 Å². The number of pyridine rings is 1. The quantitative estimate of drug-likeness (QED) is 0.903. The Kier molecular flexibility index (Phi) is 5.99. The Balaban J connectivity index is 1.99. The van der Waals surface area contributed by atoms with Gasteiger partial charge in [0.25, 0.3) is 0 Å². The van der Waals surface area contributed by atoms with Crippen LogP contribution in [-0.4, -0.2) is 47.0 Å². The van der Waals surface area contributed by atoms with Gasteiger partial charge in [-0.25, -0.2) is 4.79 Å². The molecule has 2 N–H and O–H groups in total. The molecule has 0 spiro atoms. The van der Waals surface area contributed by atoms with Crippen LogP contribution in [0.25, 0.3) is 0 Å². The van der Waals surface area contributed by atoms with Crippen LogP contribution >= 0.6 is 0 Å². The number of amides is 2. The zero-order valence-electron chi connectivity index (χ0n) is 12.9. The van der Waals surface area contributed by atoms with Crippen molar-refractivity contribution in [1.29, 1.82) is 0 Å². The van der Waals surface area contributed by atoms with Crippen molar-refractivity contribution < 1.29 is 4.79 Å². The number of nitrogens with two attached hydrogens (primary N) is 1. The van der Waals surface area contributed by atoms with Crippen LogP contribution in [0.3, 0.4) is 0 Å². The standard InChI is InChI=1S/C16H26N4O/c1-14-5-10-19(11-6-14)16(21)20(9-3-7-17)13-15-4-2-8-18-12-15/h2,4,8,12,14H,3,5-7,9-11,13,17H2,1H3. The molecule has 5 nitrogen and oxygen atoms in total. The lowest BCUT2D eigenvalue weighted by Gasteiger charge is -2.35. The summed E-state index contributed by atoms with van der Waals surface area (Å²) in [7, 11) is 0. The predicted molar refractivity (Wildman–Crippen MR) is 83.7 cm³/mol. The molecule has 0 radical (unpaired) electrons. The van der Waals surface area contributed by atoms with Crippen LogP contribution in [0.5, 0.6) is 0 Å². The zero-order valence-corrected chi connectivity index (χ0v) is 12.9. The van der Waals surface area contributed by atoms with Crippen molar-refractivity contribution in [3.05, 3.63) is 30.1 Å². The zero-order chi connectivity index (χ0) is 15.1. The van der Waals surface area contributed by atoms with Gasteiger partial charge in [0.1, 0.15) is 0 Å². The smallest absolute Gasteiger partial charge is 0.320 e. The van der Waals surface area contributed by atoms with Gasteiger partial charge in [-0.1, -0.05) is 13.0 Å². The Morgan fingerprint density at radius 3 is 2.86 bits per heavy atom. The fourth-order valence-electron chi connectivity index (χ4n) is 2.64. The van der Waals surface area contributed by atoms with Gasteiger partial charge in [-0.2, -0.15) is 0 Å². The number of likely N-dealkylation sites (tertiary alicyclic amines) is 1. The van der Waals surface area contributed by atoms with E-state index in [2.05, 4.69) is 11.9 Å². The van der Waals surface area contributed by atoms with E-state index in [1.165, 1.54) is 0 Å². The number of carbonyl (C=O) groups is 1. The SMILES string of the molecule is CC1CCN(C(=O)N(CCCN)Cc2cccnc2)CC1. The summed E-state index contributed by atoms with van der Waals surface area (Å²) in [5.74, 6) is 0.727. The molecule has 0 saturated carbocycles. The van der Waals surface area contributed by atoms with Gasteiger partial charge >= 0.3 is 6.03 Å². The molecule has 2 rings (SSSR count). The average molecular weight is 290 g/mol. The predicted octanol–water partition coefficient (Wildman–Crippen LogP) is 2.08. The van der Waals surface area contributed by atoms with Gasteiger partial charge in [0.2, 0.25) is 0 Å². The molecule has 0 unspecified atom stereocenters. The number of piperidine rings is 1. The van der Waals surface area contributed by atoms with Crippen molar-refractivity contribution >= 4 is 6.03 Å². The van der Waals surface area contributed by atoms with Gasteiger partial charge in [-0.3, -0.25) is 4.98 Å². The highest BCUT2D eigenvalue weighted by Gasteiger charge is 2.24. The van der Waals surface area contributed by atoms with Gasteiger partial charge < -0.3 is 15.5 Å². The normalized spacial score (nSPS) is 16.0. The van der Waals surface area contributed by atoms with E-state index in [0.29, 0.717) is 19.6 Å². The summed E-state index contributed by atoms with van der Waals surface area (Å²) < 4.78 is 0. The Hall–Kier alpha value is -1.62. The van der Waals surface area contributed by atoms with Crippen molar-refractivity contribution in [2.45, 2.75) is 32.7 Å². The van der Waals surface area contributed by atoms with E-state index in [-0.39, 0.29) is 6.03 Å². The molecule has 21 heavy (non-hydrogen) atoms. The molecule has 1 aromatic heterocycles. The van der Waals surface area contributed by atoms with Crippen molar-refractivity contribution in [3.8, 4) is 0 Å². The number of hydrogen-bond donors (Lipinski definition) is 1. The first-order chi connectivity index (χ1) is 10.2. The van der Waals surface area contributed by atoms with Crippen LogP contribution in [0, 0.1) is 5.92 Å². The summed E-state index contributed by atoms with van der Waals surface area (Å²) in [6.45, 7) is 5.91. The molecule has 1 fully saturated rings. The molecule has 0 aromatic carbocycles. The second-order valence-electron chi connectivity index (χ2n) is 5.88. The third kappa shape index (κ3) is 4.70. The molecular weight excluding hydrogens is 264 g/mol. The largest absolute Gasteiger partial charge is 0.330 e.